The maximum Gasteiger partial charge on any atom is 0.452 e. The first kappa shape index (κ1) is 11.7. The van der Waals surface area contributed by atoms with Gasteiger partial charge in [-0.15, -0.1) is 5.11 Å². The summed E-state index contributed by atoms with van der Waals surface area (Å²) < 4.78 is 5.39. The van der Waals surface area contributed by atoms with Crippen LogP contribution in [0.2, 0.25) is 0 Å². The number of fused-ring (bicyclic) bond motifs is 1. The zero-order valence-corrected chi connectivity index (χ0v) is 10.6. The Labute approximate surface area is 106 Å². The third-order valence-corrected chi connectivity index (χ3v) is 2.70. The Morgan fingerprint density at radius 2 is 1.88 bits per heavy atom. The van der Waals surface area contributed by atoms with E-state index < -0.39 is 6.09 Å². The van der Waals surface area contributed by atoms with Crippen molar-refractivity contribution in [3.8, 4) is 0 Å². The molecule has 2 aromatic rings. The average Bonchev–Trinajstić information content (AvgIpc) is 2.35. The standard InChI is InChI=1S/C12H9BrN2O2/c1-17-12(16)15-14-11-5-3-8-6-10(13)4-2-9(8)7-11/h2-7H,1H3. The molecular weight excluding hydrogens is 284 g/mol. The Morgan fingerprint density at radius 1 is 1.18 bits per heavy atom. The molecule has 2 rings (SSSR count). The predicted octanol–water partition coefficient (Wildman–Crippen LogP) is 4.45. The second kappa shape index (κ2) is 5.05. The Balaban J connectivity index is 2.35. The van der Waals surface area contributed by atoms with Crippen molar-refractivity contribution < 1.29 is 9.53 Å². The van der Waals surface area contributed by atoms with Gasteiger partial charge in [0.25, 0.3) is 0 Å². The first-order valence-electron chi connectivity index (χ1n) is 4.88. The highest BCUT2D eigenvalue weighted by Gasteiger charge is 1.98. The normalized spacial score (nSPS) is 10.9. The van der Waals surface area contributed by atoms with Crippen LogP contribution in [-0.4, -0.2) is 13.2 Å². The van der Waals surface area contributed by atoms with E-state index in [1.807, 2.05) is 30.3 Å². The SMILES string of the molecule is COC(=O)N=Nc1ccc2cc(Br)ccc2c1. The number of carbonyl (C=O) groups is 1. The van der Waals surface area contributed by atoms with Gasteiger partial charge < -0.3 is 4.74 Å². The molecule has 17 heavy (non-hydrogen) atoms. The summed E-state index contributed by atoms with van der Waals surface area (Å²) in [6.07, 6.45) is -0.707. The van der Waals surface area contributed by atoms with E-state index in [4.69, 9.17) is 0 Å². The zero-order valence-electron chi connectivity index (χ0n) is 9.05. The van der Waals surface area contributed by atoms with E-state index in [-0.39, 0.29) is 0 Å². The summed E-state index contributed by atoms with van der Waals surface area (Å²) in [6.45, 7) is 0. The molecule has 2 aromatic carbocycles. The molecule has 5 heteroatoms. The monoisotopic (exact) mass is 292 g/mol. The van der Waals surface area contributed by atoms with Crippen LogP contribution in [0.15, 0.2) is 51.1 Å². The number of ether oxygens (including phenoxy) is 1. The molecule has 4 nitrogen and oxygen atoms in total. The van der Waals surface area contributed by atoms with Gasteiger partial charge >= 0.3 is 6.09 Å². The molecule has 0 aliphatic heterocycles. The lowest BCUT2D eigenvalue weighted by Gasteiger charge is -1.99. The molecule has 0 aliphatic carbocycles. The lowest BCUT2D eigenvalue weighted by molar-refractivity contribution is 0.181. The van der Waals surface area contributed by atoms with Gasteiger partial charge in [0.15, 0.2) is 0 Å². The maximum atomic E-state index is 10.8. The van der Waals surface area contributed by atoms with E-state index in [0.717, 1.165) is 15.2 Å². The molecule has 0 aromatic heterocycles. The van der Waals surface area contributed by atoms with E-state index in [0.29, 0.717) is 5.69 Å². The summed E-state index contributed by atoms with van der Waals surface area (Å²) in [5.41, 5.74) is 0.616. The zero-order chi connectivity index (χ0) is 12.3. The van der Waals surface area contributed by atoms with E-state index in [2.05, 4.69) is 30.9 Å². The third-order valence-electron chi connectivity index (χ3n) is 2.21. The van der Waals surface area contributed by atoms with Crippen molar-refractivity contribution in [2.24, 2.45) is 10.2 Å². The van der Waals surface area contributed by atoms with Crippen molar-refractivity contribution in [1.82, 2.24) is 0 Å². The lowest BCUT2D eigenvalue weighted by Crippen LogP contribution is -1.89. The molecule has 0 fully saturated rings. The molecule has 0 atom stereocenters. The van der Waals surface area contributed by atoms with Gasteiger partial charge in [0.2, 0.25) is 0 Å². The molecule has 0 bridgehead atoms. The van der Waals surface area contributed by atoms with Crippen LogP contribution in [0, 0.1) is 0 Å². The van der Waals surface area contributed by atoms with Gasteiger partial charge in [0.05, 0.1) is 12.8 Å². The van der Waals surface area contributed by atoms with Gasteiger partial charge in [-0.3, -0.25) is 0 Å². The second-order valence-corrected chi connectivity index (χ2v) is 4.26. The molecular formula is C12H9BrN2O2. The molecule has 0 radical (unpaired) electrons. The fraction of sp³-hybridized carbons (Fsp3) is 0.0833. The number of carbonyl (C=O) groups excluding carboxylic acids is 1. The summed E-state index contributed by atoms with van der Waals surface area (Å²) in [7, 11) is 1.26. The second-order valence-electron chi connectivity index (χ2n) is 3.35. The summed E-state index contributed by atoms with van der Waals surface area (Å²) in [5.74, 6) is 0. The van der Waals surface area contributed by atoms with E-state index in [1.54, 1.807) is 6.07 Å². The number of amides is 1. The van der Waals surface area contributed by atoms with E-state index in [9.17, 15) is 4.79 Å². The van der Waals surface area contributed by atoms with Gasteiger partial charge in [0.1, 0.15) is 0 Å². The molecule has 0 N–H and O–H groups in total. The van der Waals surface area contributed by atoms with Crippen molar-refractivity contribution in [3.63, 3.8) is 0 Å². The van der Waals surface area contributed by atoms with Crippen molar-refractivity contribution in [2.75, 3.05) is 7.11 Å². The maximum absolute atomic E-state index is 10.8. The van der Waals surface area contributed by atoms with Crippen LogP contribution in [0.5, 0.6) is 0 Å². The number of nitrogens with zero attached hydrogens (tertiary/aromatic N) is 2. The number of hydrogen-bond donors (Lipinski definition) is 0. The number of hydrogen-bond acceptors (Lipinski definition) is 3. The van der Waals surface area contributed by atoms with Gasteiger partial charge in [-0.25, -0.2) is 4.79 Å². The van der Waals surface area contributed by atoms with Gasteiger partial charge in [-0.05, 0) is 35.0 Å². The minimum Gasteiger partial charge on any atom is -0.450 e. The summed E-state index contributed by atoms with van der Waals surface area (Å²) >= 11 is 3.41. The number of azo groups is 1. The Hall–Kier alpha value is -1.75. The Bertz CT molecular complexity index is 596. The van der Waals surface area contributed by atoms with E-state index >= 15 is 0 Å². The molecule has 0 spiro atoms. The van der Waals surface area contributed by atoms with Gasteiger partial charge in [-0.1, -0.05) is 33.2 Å². The Morgan fingerprint density at radius 3 is 2.65 bits per heavy atom. The van der Waals surface area contributed by atoms with Crippen LogP contribution in [-0.2, 0) is 4.74 Å². The molecule has 1 amide bonds. The largest absolute Gasteiger partial charge is 0.452 e. The third kappa shape index (κ3) is 2.88. The summed E-state index contributed by atoms with van der Waals surface area (Å²) in [4.78, 5) is 10.8. The van der Waals surface area contributed by atoms with Crippen LogP contribution >= 0.6 is 15.9 Å². The molecule has 0 aliphatic rings. The molecule has 0 saturated carbocycles. The first-order valence-corrected chi connectivity index (χ1v) is 5.67. The summed E-state index contributed by atoms with van der Waals surface area (Å²) in [5, 5.41) is 9.31. The number of rotatable bonds is 1. The van der Waals surface area contributed by atoms with Gasteiger partial charge in [0, 0.05) is 4.47 Å². The van der Waals surface area contributed by atoms with Crippen molar-refractivity contribution >= 4 is 38.5 Å². The van der Waals surface area contributed by atoms with E-state index in [1.165, 1.54) is 7.11 Å². The van der Waals surface area contributed by atoms with Crippen LogP contribution in [0.4, 0.5) is 10.5 Å². The van der Waals surface area contributed by atoms with Crippen LogP contribution in [0.3, 0.4) is 0 Å². The summed E-state index contributed by atoms with van der Waals surface area (Å²) in [6, 6.07) is 11.5. The van der Waals surface area contributed by atoms with Crippen LogP contribution in [0.1, 0.15) is 0 Å². The van der Waals surface area contributed by atoms with Crippen LogP contribution < -0.4 is 0 Å². The molecule has 0 heterocycles. The fourth-order valence-electron chi connectivity index (χ4n) is 1.41. The lowest BCUT2D eigenvalue weighted by atomic mass is 10.1. The molecule has 0 saturated heterocycles. The van der Waals surface area contributed by atoms with Gasteiger partial charge in [-0.2, -0.15) is 0 Å². The quantitative estimate of drug-likeness (QED) is 0.729. The first-order chi connectivity index (χ1) is 8.19. The fourth-order valence-corrected chi connectivity index (χ4v) is 1.78. The van der Waals surface area contributed by atoms with Crippen molar-refractivity contribution in [3.05, 3.63) is 40.9 Å². The number of halogens is 1. The molecule has 86 valence electrons. The predicted molar refractivity (Wildman–Crippen MR) is 68.6 cm³/mol. The minimum atomic E-state index is -0.707. The highest BCUT2D eigenvalue weighted by atomic mass is 79.9. The van der Waals surface area contributed by atoms with Crippen molar-refractivity contribution in [1.29, 1.82) is 0 Å². The Kier molecular flexibility index (Phi) is 3.49. The number of benzene rings is 2. The highest BCUT2D eigenvalue weighted by molar-refractivity contribution is 9.10. The van der Waals surface area contributed by atoms with Crippen LogP contribution in [0.25, 0.3) is 10.8 Å². The molecule has 0 unspecified atom stereocenters. The highest BCUT2D eigenvalue weighted by Crippen LogP contribution is 2.24. The van der Waals surface area contributed by atoms with Crippen molar-refractivity contribution in [2.45, 2.75) is 0 Å². The number of methoxy groups -OCH3 is 1. The topological polar surface area (TPSA) is 51.0 Å². The smallest absolute Gasteiger partial charge is 0.450 e. The average molecular weight is 293 g/mol. The minimum absolute atomic E-state index is 0.616.